The number of nitro groups is 1. The second-order valence-electron chi connectivity index (χ2n) is 6.36. The van der Waals surface area contributed by atoms with Crippen molar-refractivity contribution in [2.75, 3.05) is 12.4 Å². The number of hydrogen-bond donors (Lipinski definition) is 2. The van der Waals surface area contributed by atoms with Gasteiger partial charge >= 0.3 is 5.69 Å². The maximum absolute atomic E-state index is 13.9. The van der Waals surface area contributed by atoms with Crippen LogP contribution in [0.4, 0.5) is 21.7 Å². The van der Waals surface area contributed by atoms with Gasteiger partial charge in [0.2, 0.25) is 11.8 Å². The van der Waals surface area contributed by atoms with Gasteiger partial charge in [0.1, 0.15) is 5.75 Å². The highest BCUT2D eigenvalue weighted by Gasteiger charge is 2.30. The van der Waals surface area contributed by atoms with Crippen LogP contribution < -0.4 is 15.4 Å². The molecule has 0 saturated carbocycles. The minimum Gasteiger partial charge on any atom is -0.494 e. The number of aromatic nitrogens is 2. The fraction of sp³-hybridized carbons (Fsp3) is 0.158. The molecule has 148 valence electrons. The van der Waals surface area contributed by atoms with E-state index in [1.54, 1.807) is 0 Å². The molecule has 0 radical (unpaired) electrons. The van der Waals surface area contributed by atoms with E-state index in [0.29, 0.717) is 10.7 Å². The largest absolute Gasteiger partial charge is 0.494 e. The van der Waals surface area contributed by atoms with Crippen LogP contribution in [0.5, 0.6) is 5.75 Å². The number of allylic oxidation sites excluding steroid dienone is 2. The minimum absolute atomic E-state index is 0.0710. The summed E-state index contributed by atoms with van der Waals surface area (Å²) in [7, 11) is 1.33. The van der Waals surface area contributed by atoms with Gasteiger partial charge in [-0.2, -0.15) is 4.39 Å². The third kappa shape index (κ3) is 3.52. The van der Waals surface area contributed by atoms with Crippen molar-refractivity contribution in [3.05, 3.63) is 75.5 Å². The highest BCUT2D eigenvalue weighted by Crippen LogP contribution is 2.37. The number of nitrogens with one attached hydrogen (secondary N) is 2. The van der Waals surface area contributed by atoms with Crippen molar-refractivity contribution >= 4 is 34.5 Å². The molecule has 2 N–H and O–H groups in total. The summed E-state index contributed by atoms with van der Waals surface area (Å²) in [6.45, 7) is 0. The molecular formula is C19H15ClFN5O3. The number of benzene rings is 1. The van der Waals surface area contributed by atoms with E-state index in [-0.39, 0.29) is 29.3 Å². The van der Waals surface area contributed by atoms with Crippen molar-refractivity contribution in [3.8, 4) is 5.75 Å². The molecule has 29 heavy (non-hydrogen) atoms. The predicted octanol–water partition coefficient (Wildman–Crippen LogP) is 3.98. The summed E-state index contributed by atoms with van der Waals surface area (Å²) < 4.78 is 19.0. The first-order valence-corrected chi connectivity index (χ1v) is 8.98. The fourth-order valence-corrected chi connectivity index (χ4v) is 3.47. The van der Waals surface area contributed by atoms with Gasteiger partial charge in [0, 0.05) is 29.8 Å². The Bertz CT molecular complexity index is 1090. The van der Waals surface area contributed by atoms with E-state index in [4.69, 9.17) is 16.3 Å². The molecular weight excluding hydrogens is 401 g/mol. The van der Waals surface area contributed by atoms with Crippen molar-refractivity contribution < 1.29 is 14.1 Å². The Balaban J connectivity index is 1.69. The van der Waals surface area contributed by atoms with Crippen LogP contribution in [0.15, 0.2) is 48.8 Å². The summed E-state index contributed by atoms with van der Waals surface area (Å²) >= 11 is 6.33. The zero-order valence-electron chi connectivity index (χ0n) is 15.1. The number of fused-ring (bicyclic) bond motifs is 1. The molecule has 2 atom stereocenters. The van der Waals surface area contributed by atoms with Gasteiger partial charge in [-0.15, -0.1) is 0 Å². The third-order valence-electron chi connectivity index (χ3n) is 4.65. The Morgan fingerprint density at radius 3 is 2.90 bits per heavy atom. The van der Waals surface area contributed by atoms with Crippen molar-refractivity contribution in [3.63, 3.8) is 0 Å². The molecule has 1 aromatic heterocycles. The van der Waals surface area contributed by atoms with Crippen LogP contribution in [0.1, 0.15) is 5.69 Å². The number of methoxy groups -OCH3 is 1. The quantitative estimate of drug-likeness (QED) is 0.562. The first-order chi connectivity index (χ1) is 14.0. The van der Waals surface area contributed by atoms with Crippen LogP contribution in [-0.4, -0.2) is 28.0 Å². The molecule has 0 fully saturated rings. The Hall–Kier alpha value is -3.46. The first-order valence-electron chi connectivity index (χ1n) is 8.61. The minimum atomic E-state index is -1.000. The zero-order chi connectivity index (χ0) is 20.5. The molecule has 1 aromatic carbocycles. The number of ether oxygens (including phenoxy) is 1. The number of anilines is 2. The average molecular weight is 416 g/mol. The van der Waals surface area contributed by atoms with Crippen molar-refractivity contribution in [2.45, 2.75) is 6.04 Å². The zero-order valence-corrected chi connectivity index (χ0v) is 15.9. The number of nitrogens with zero attached hydrogens (tertiary/aromatic N) is 3. The summed E-state index contributed by atoms with van der Waals surface area (Å²) in [4.78, 5) is 18.8. The average Bonchev–Trinajstić information content (AvgIpc) is 3.14. The second kappa shape index (κ2) is 7.51. The van der Waals surface area contributed by atoms with Gasteiger partial charge in [-0.3, -0.25) is 10.1 Å². The van der Waals surface area contributed by atoms with Gasteiger partial charge in [-0.05, 0) is 0 Å². The maximum Gasteiger partial charge on any atom is 0.307 e. The Kier molecular flexibility index (Phi) is 4.89. The molecule has 1 aliphatic heterocycles. The summed E-state index contributed by atoms with van der Waals surface area (Å²) in [5.41, 5.74) is 0.890. The van der Waals surface area contributed by atoms with Crippen molar-refractivity contribution in [2.24, 2.45) is 5.92 Å². The standard InChI is InChI=1S/C19H15ClFN5O3/c1-29-17-6-13(21)16(26(27)28)7-15(17)24-19-23-9-12(20)18(25-19)11-8-22-14-5-3-2-4-10(11)14/h2-10,14,22H,1H3,(H,23,24,25). The summed E-state index contributed by atoms with van der Waals surface area (Å²) in [5, 5.41) is 17.5. The fourth-order valence-electron chi connectivity index (χ4n) is 3.27. The van der Waals surface area contributed by atoms with E-state index < -0.39 is 16.4 Å². The topological polar surface area (TPSA) is 102 Å². The smallest absolute Gasteiger partial charge is 0.307 e. The van der Waals surface area contributed by atoms with Crippen LogP contribution in [0.25, 0.3) is 5.57 Å². The van der Waals surface area contributed by atoms with Gasteiger partial charge in [-0.1, -0.05) is 35.9 Å². The number of halogens is 2. The number of hydrogen-bond acceptors (Lipinski definition) is 7. The van der Waals surface area contributed by atoms with Crippen molar-refractivity contribution in [1.29, 1.82) is 0 Å². The summed E-state index contributed by atoms with van der Waals surface area (Å²) in [6.07, 6.45) is 11.3. The van der Waals surface area contributed by atoms with Gasteiger partial charge in [0.05, 0.1) is 40.7 Å². The number of rotatable bonds is 5. The van der Waals surface area contributed by atoms with E-state index in [2.05, 4.69) is 26.7 Å². The van der Waals surface area contributed by atoms with Gasteiger partial charge in [0.25, 0.3) is 0 Å². The highest BCUT2D eigenvalue weighted by molar-refractivity contribution is 6.32. The molecule has 10 heteroatoms. The van der Waals surface area contributed by atoms with Crippen LogP contribution in [0.3, 0.4) is 0 Å². The highest BCUT2D eigenvalue weighted by atomic mass is 35.5. The van der Waals surface area contributed by atoms with E-state index in [1.165, 1.54) is 13.3 Å². The SMILES string of the molecule is COc1cc(F)c([N+](=O)[O-])cc1Nc1ncc(Cl)c(C2=CNC3C=CC=CC23)n1. The van der Waals surface area contributed by atoms with Crippen molar-refractivity contribution in [1.82, 2.24) is 15.3 Å². The lowest BCUT2D eigenvalue weighted by molar-refractivity contribution is -0.387. The molecule has 1 aliphatic carbocycles. The molecule has 0 spiro atoms. The van der Waals surface area contributed by atoms with Gasteiger partial charge in [-0.25, -0.2) is 9.97 Å². The molecule has 4 rings (SSSR count). The maximum atomic E-state index is 13.9. The normalized spacial score (nSPS) is 19.3. The van der Waals surface area contributed by atoms with Crippen LogP contribution in [0, 0.1) is 21.8 Å². The monoisotopic (exact) mass is 415 g/mol. The van der Waals surface area contributed by atoms with Crippen LogP contribution in [0.2, 0.25) is 5.02 Å². The number of nitro benzene ring substituents is 1. The molecule has 0 saturated heterocycles. The van der Waals surface area contributed by atoms with E-state index in [0.717, 1.165) is 17.7 Å². The molecule has 2 aliphatic rings. The molecule has 0 amide bonds. The molecule has 2 aromatic rings. The van der Waals surface area contributed by atoms with Gasteiger partial charge in [0.15, 0.2) is 0 Å². The van der Waals surface area contributed by atoms with Gasteiger partial charge < -0.3 is 15.4 Å². The summed E-state index contributed by atoms with van der Waals surface area (Å²) in [5.74, 6) is -0.708. The lowest BCUT2D eigenvalue weighted by Gasteiger charge is -2.19. The molecule has 8 nitrogen and oxygen atoms in total. The van der Waals surface area contributed by atoms with E-state index >= 15 is 0 Å². The molecule has 2 heterocycles. The second-order valence-corrected chi connectivity index (χ2v) is 6.77. The van der Waals surface area contributed by atoms with E-state index in [9.17, 15) is 14.5 Å². The summed E-state index contributed by atoms with van der Waals surface area (Å²) in [6, 6.07) is 2.09. The Morgan fingerprint density at radius 2 is 2.14 bits per heavy atom. The lowest BCUT2D eigenvalue weighted by atomic mass is 9.90. The van der Waals surface area contributed by atoms with Crippen LogP contribution in [-0.2, 0) is 0 Å². The predicted molar refractivity (Wildman–Crippen MR) is 107 cm³/mol. The third-order valence-corrected chi connectivity index (χ3v) is 4.93. The Morgan fingerprint density at radius 1 is 1.34 bits per heavy atom. The lowest BCUT2D eigenvalue weighted by Crippen LogP contribution is -2.25. The van der Waals surface area contributed by atoms with Crippen LogP contribution >= 0.6 is 11.6 Å². The Labute approximate surface area is 169 Å². The molecule has 0 bridgehead atoms. The van der Waals surface area contributed by atoms with E-state index in [1.807, 2.05) is 24.4 Å². The molecule has 2 unspecified atom stereocenters. The first kappa shape index (κ1) is 18.9.